The van der Waals surface area contributed by atoms with Gasteiger partial charge in [-0.15, -0.1) is 0 Å². The molecule has 0 radical (unpaired) electrons. The number of carbonyl (C=O) groups is 2. The molecule has 2 heterocycles. The number of amides is 2. The normalized spacial score (nSPS) is 10.9. The second kappa shape index (κ2) is 16.4. The lowest BCUT2D eigenvalue weighted by molar-refractivity contribution is -0.135. The molecular formula is C44H38N4O4. The fourth-order valence-corrected chi connectivity index (χ4v) is 6.22. The molecule has 0 spiro atoms. The second-order valence-corrected chi connectivity index (χ2v) is 12.5. The Morgan fingerprint density at radius 2 is 0.731 bits per heavy atom. The van der Waals surface area contributed by atoms with Crippen molar-refractivity contribution in [2.75, 3.05) is 13.2 Å². The summed E-state index contributed by atoms with van der Waals surface area (Å²) in [5.74, 6) is 0.272. The van der Waals surface area contributed by atoms with E-state index in [1.807, 2.05) is 133 Å². The monoisotopic (exact) mass is 686 g/mol. The number of pyridine rings is 2. The molecule has 8 nitrogen and oxygen atoms in total. The van der Waals surface area contributed by atoms with Gasteiger partial charge in [-0.25, -0.2) is 0 Å². The van der Waals surface area contributed by atoms with Gasteiger partial charge in [0.1, 0.15) is 11.0 Å². The zero-order valence-corrected chi connectivity index (χ0v) is 28.7. The second-order valence-electron chi connectivity index (χ2n) is 12.5. The van der Waals surface area contributed by atoms with Crippen LogP contribution in [0.3, 0.4) is 0 Å². The van der Waals surface area contributed by atoms with E-state index in [0.29, 0.717) is 59.5 Å². The van der Waals surface area contributed by atoms with Gasteiger partial charge in [-0.05, 0) is 46.5 Å². The van der Waals surface area contributed by atoms with Crippen LogP contribution in [0.25, 0.3) is 21.8 Å². The minimum atomic E-state index is -0.256. The van der Waals surface area contributed by atoms with Crippen molar-refractivity contribution in [2.24, 2.45) is 0 Å². The third-order valence-electron chi connectivity index (χ3n) is 8.79. The van der Waals surface area contributed by atoms with Gasteiger partial charge >= 0.3 is 0 Å². The van der Waals surface area contributed by atoms with Crippen LogP contribution in [0, 0.1) is 0 Å². The number of carbonyl (C=O) groups excluding carboxylic acids is 2. The Labute approximate surface area is 302 Å². The van der Waals surface area contributed by atoms with Crippen LogP contribution in [-0.2, 0) is 35.8 Å². The summed E-state index contributed by atoms with van der Waals surface area (Å²) >= 11 is 0. The topological polar surface area (TPSA) is 84.9 Å². The minimum Gasteiger partial charge on any atom is -0.479 e. The van der Waals surface area contributed by atoms with E-state index in [2.05, 4.69) is 9.97 Å². The maximum absolute atomic E-state index is 14.0. The van der Waals surface area contributed by atoms with Crippen LogP contribution >= 0.6 is 0 Å². The third kappa shape index (κ3) is 8.25. The predicted molar refractivity (Wildman–Crippen MR) is 202 cm³/mol. The van der Waals surface area contributed by atoms with E-state index in [0.717, 1.165) is 22.3 Å². The van der Waals surface area contributed by atoms with Crippen molar-refractivity contribution in [2.45, 2.75) is 26.2 Å². The fraction of sp³-hybridized carbons (Fsp3) is 0.136. The number of fused-ring (bicyclic) bond motifs is 3. The highest BCUT2D eigenvalue weighted by atomic mass is 16.5. The molecule has 2 amide bonds. The fourth-order valence-electron chi connectivity index (χ4n) is 6.22. The molecule has 0 atom stereocenters. The molecule has 2 aromatic heterocycles. The van der Waals surface area contributed by atoms with Crippen LogP contribution < -0.4 is 9.47 Å². The molecule has 0 N–H and O–H groups in total. The number of aromatic nitrogens is 2. The molecule has 258 valence electrons. The number of hydrogen-bond donors (Lipinski definition) is 0. The maximum Gasteiger partial charge on any atom is 0.261 e. The Kier molecular flexibility index (Phi) is 10.7. The summed E-state index contributed by atoms with van der Waals surface area (Å²) < 4.78 is 12.9. The summed E-state index contributed by atoms with van der Waals surface area (Å²) in [6, 6.07) is 46.9. The molecule has 0 fully saturated rings. The molecular weight excluding hydrogens is 649 g/mol. The first-order chi connectivity index (χ1) is 25.6. The van der Waals surface area contributed by atoms with Gasteiger partial charge < -0.3 is 19.3 Å². The van der Waals surface area contributed by atoms with E-state index in [-0.39, 0.29) is 25.0 Å². The molecule has 0 bridgehead atoms. The van der Waals surface area contributed by atoms with E-state index in [1.165, 1.54) is 0 Å². The van der Waals surface area contributed by atoms with Gasteiger partial charge in [-0.1, -0.05) is 121 Å². The van der Waals surface area contributed by atoms with Crippen LogP contribution in [0.1, 0.15) is 22.3 Å². The Morgan fingerprint density at radius 1 is 0.423 bits per heavy atom. The van der Waals surface area contributed by atoms with E-state index < -0.39 is 0 Å². The van der Waals surface area contributed by atoms with Gasteiger partial charge in [0.25, 0.3) is 11.8 Å². The van der Waals surface area contributed by atoms with Gasteiger partial charge in [-0.2, -0.15) is 0 Å². The zero-order valence-electron chi connectivity index (χ0n) is 28.7. The summed E-state index contributed by atoms with van der Waals surface area (Å²) in [5.41, 5.74) is 5.26. The molecule has 7 aromatic rings. The lowest BCUT2D eigenvalue weighted by atomic mass is 10.1. The lowest BCUT2D eigenvalue weighted by Gasteiger charge is -2.25. The van der Waals surface area contributed by atoms with Crippen molar-refractivity contribution < 1.29 is 19.1 Å². The molecule has 0 saturated heterocycles. The van der Waals surface area contributed by atoms with Crippen molar-refractivity contribution in [3.8, 4) is 11.5 Å². The Bertz CT molecular complexity index is 2010. The van der Waals surface area contributed by atoms with Gasteiger partial charge in [0.05, 0.1) is 0 Å². The number of nitrogens with zero attached hydrogens (tertiary/aromatic N) is 4. The maximum atomic E-state index is 14.0. The van der Waals surface area contributed by atoms with Crippen molar-refractivity contribution in [1.82, 2.24) is 19.8 Å². The molecule has 0 unspecified atom stereocenters. The summed E-state index contributed by atoms with van der Waals surface area (Å²) in [5, 5.41) is 1.26. The largest absolute Gasteiger partial charge is 0.479 e. The molecule has 0 saturated carbocycles. The third-order valence-corrected chi connectivity index (χ3v) is 8.79. The van der Waals surface area contributed by atoms with Gasteiger partial charge in [-0.3, -0.25) is 19.6 Å². The number of rotatable bonds is 14. The van der Waals surface area contributed by atoms with Crippen molar-refractivity contribution in [3.05, 3.63) is 180 Å². The van der Waals surface area contributed by atoms with Crippen LogP contribution in [0.2, 0.25) is 0 Å². The number of benzene rings is 5. The SMILES string of the molecule is O=C(COc1c(OCC(=O)N(Cc2ccccc2)Cc2ccccc2)c2cccnc2c2ncccc12)N(Cc1ccccc1)Cc1ccccc1. The first-order valence-corrected chi connectivity index (χ1v) is 17.2. The smallest absolute Gasteiger partial charge is 0.261 e. The van der Waals surface area contributed by atoms with Crippen LogP contribution in [0.4, 0.5) is 0 Å². The summed E-state index contributed by atoms with van der Waals surface area (Å²) in [4.78, 5) is 40.8. The summed E-state index contributed by atoms with van der Waals surface area (Å²) in [7, 11) is 0. The van der Waals surface area contributed by atoms with Crippen molar-refractivity contribution in [3.63, 3.8) is 0 Å². The Morgan fingerprint density at radius 3 is 1.04 bits per heavy atom. The van der Waals surface area contributed by atoms with E-state index >= 15 is 0 Å². The Balaban J connectivity index is 1.19. The minimum absolute atomic E-state index is 0.199. The molecule has 5 aromatic carbocycles. The van der Waals surface area contributed by atoms with Crippen molar-refractivity contribution in [1.29, 1.82) is 0 Å². The quantitative estimate of drug-likeness (QED) is 0.108. The standard InChI is InChI=1S/C44H38N4O4/c49-39(47(27-33-15-5-1-6-16-33)28-34-17-7-2-8-18-34)31-51-43-37-23-13-25-45-41(37)42-38(24-14-26-46-42)44(43)52-32-40(50)48(29-35-19-9-3-10-20-35)30-36-21-11-4-12-22-36/h1-26H,27-32H2. The Hall–Kier alpha value is -6.54. The highest BCUT2D eigenvalue weighted by Crippen LogP contribution is 2.42. The molecule has 0 aliphatic heterocycles. The summed E-state index contributed by atoms with van der Waals surface area (Å²) in [6.07, 6.45) is 3.39. The lowest BCUT2D eigenvalue weighted by Crippen LogP contribution is -2.34. The predicted octanol–water partition coefficient (Wildman–Crippen LogP) is 8.00. The highest BCUT2D eigenvalue weighted by Gasteiger charge is 2.24. The molecule has 52 heavy (non-hydrogen) atoms. The molecule has 7 rings (SSSR count). The van der Waals surface area contributed by atoms with Crippen LogP contribution in [-0.4, -0.2) is 44.8 Å². The first kappa shape index (κ1) is 33.9. The average molecular weight is 687 g/mol. The first-order valence-electron chi connectivity index (χ1n) is 17.2. The van der Waals surface area contributed by atoms with E-state index in [1.54, 1.807) is 34.3 Å². The van der Waals surface area contributed by atoms with E-state index in [9.17, 15) is 9.59 Å². The summed E-state index contributed by atoms with van der Waals surface area (Å²) in [6.45, 7) is 1.15. The molecule has 0 aliphatic rings. The van der Waals surface area contributed by atoms with Gasteiger partial charge in [0.2, 0.25) is 0 Å². The zero-order chi connectivity index (χ0) is 35.5. The van der Waals surface area contributed by atoms with Gasteiger partial charge in [0, 0.05) is 49.3 Å². The van der Waals surface area contributed by atoms with E-state index in [4.69, 9.17) is 9.47 Å². The highest BCUT2D eigenvalue weighted by molar-refractivity contribution is 6.10. The van der Waals surface area contributed by atoms with Gasteiger partial charge in [0.15, 0.2) is 24.7 Å². The van der Waals surface area contributed by atoms with Crippen molar-refractivity contribution >= 4 is 33.6 Å². The molecule has 8 heteroatoms. The van der Waals surface area contributed by atoms with Crippen LogP contribution in [0.15, 0.2) is 158 Å². The molecule has 0 aliphatic carbocycles. The number of ether oxygens (including phenoxy) is 2. The average Bonchev–Trinajstić information content (AvgIpc) is 3.20. The number of hydrogen-bond acceptors (Lipinski definition) is 6. The van der Waals surface area contributed by atoms with Crippen LogP contribution in [0.5, 0.6) is 11.5 Å².